The van der Waals surface area contributed by atoms with Gasteiger partial charge in [0.15, 0.2) is 6.29 Å². The molecule has 2 unspecified atom stereocenters. The maximum absolute atomic E-state index is 6.07. The summed E-state index contributed by atoms with van der Waals surface area (Å²) in [5, 5.41) is 0. The van der Waals surface area contributed by atoms with Crippen LogP contribution in [0.2, 0.25) is 6.55 Å². The molecule has 0 amide bonds. The van der Waals surface area contributed by atoms with Gasteiger partial charge in [0.25, 0.3) is 5.97 Å². The largest absolute Gasteiger partial charge is 0.497 e. The lowest BCUT2D eigenvalue weighted by atomic mass is 10.3. The molecular formula is C16H34O7Si. The van der Waals surface area contributed by atoms with E-state index in [2.05, 4.69) is 0 Å². The minimum atomic E-state index is -2.57. The molecule has 1 aliphatic rings. The molecule has 0 radical (unpaired) electrons. The summed E-state index contributed by atoms with van der Waals surface area (Å²) in [5.74, 6) is -1.000. The smallest absolute Gasteiger partial charge is 0.377 e. The Hall–Kier alpha value is -0.0631. The fourth-order valence-corrected chi connectivity index (χ4v) is 3.12. The number of rotatable bonds is 12. The minimum Gasteiger partial charge on any atom is -0.377 e. The van der Waals surface area contributed by atoms with Crippen LogP contribution in [0.4, 0.5) is 0 Å². The Bertz CT molecular complexity index is 332. The third-order valence-electron chi connectivity index (χ3n) is 4.08. The van der Waals surface area contributed by atoms with Gasteiger partial charge in [0.05, 0.1) is 25.9 Å². The number of hydrogen-bond acceptors (Lipinski definition) is 7. The third kappa shape index (κ3) is 6.68. The average Bonchev–Trinajstić information content (AvgIpc) is 2.64. The molecule has 7 nitrogen and oxygen atoms in total. The van der Waals surface area contributed by atoms with Crippen molar-refractivity contribution in [3.8, 4) is 0 Å². The van der Waals surface area contributed by atoms with Gasteiger partial charge in [0.1, 0.15) is 0 Å². The molecule has 0 bridgehead atoms. The molecule has 1 fully saturated rings. The summed E-state index contributed by atoms with van der Waals surface area (Å²) in [5.41, 5.74) is 0. The van der Waals surface area contributed by atoms with Crippen LogP contribution in [0.3, 0.4) is 0 Å². The molecule has 0 aromatic carbocycles. The molecule has 0 aromatic rings. The van der Waals surface area contributed by atoms with Crippen molar-refractivity contribution in [3.05, 3.63) is 0 Å². The fraction of sp³-hybridized carbons (Fsp3) is 1.00. The molecule has 2 atom stereocenters. The van der Waals surface area contributed by atoms with E-state index in [0.29, 0.717) is 32.7 Å². The zero-order chi connectivity index (χ0) is 18.1. The average molecular weight is 367 g/mol. The summed E-state index contributed by atoms with van der Waals surface area (Å²) in [4.78, 5) is 0. The predicted octanol–water partition coefficient (Wildman–Crippen LogP) is 2.91. The van der Waals surface area contributed by atoms with E-state index in [-0.39, 0.29) is 6.10 Å². The number of hydrogen-bond donors (Lipinski definition) is 0. The molecule has 0 aliphatic carbocycles. The third-order valence-corrected chi connectivity index (χ3v) is 6.26. The van der Waals surface area contributed by atoms with Crippen LogP contribution >= 0.6 is 0 Å². The van der Waals surface area contributed by atoms with Gasteiger partial charge in [-0.1, -0.05) is 20.8 Å². The summed E-state index contributed by atoms with van der Waals surface area (Å²) < 4.78 is 40.0. The van der Waals surface area contributed by atoms with Gasteiger partial charge >= 0.3 is 8.80 Å². The lowest BCUT2D eigenvalue weighted by Gasteiger charge is -2.38. The van der Waals surface area contributed by atoms with Gasteiger partial charge in [-0.2, -0.15) is 0 Å². The highest BCUT2D eigenvalue weighted by molar-refractivity contribution is 6.59. The number of ether oxygens (including phenoxy) is 4. The van der Waals surface area contributed by atoms with Gasteiger partial charge in [-0.3, -0.25) is 4.74 Å². The molecule has 1 heterocycles. The second-order valence-electron chi connectivity index (χ2n) is 5.79. The molecule has 0 saturated carbocycles. The Kier molecular flexibility index (Phi) is 9.91. The van der Waals surface area contributed by atoms with E-state index in [0.717, 1.165) is 12.8 Å². The van der Waals surface area contributed by atoms with E-state index in [1.165, 1.54) is 0 Å². The van der Waals surface area contributed by atoms with E-state index < -0.39 is 21.1 Å². The van der Waals surface area contributed by atoms with Crippen molar-refractivity contribution in [2.75, 3.05) is 34.0 Å². The van der Waals surface area contributed by atoms with Crippen LogP contribution in [-0.2, 0) is 32.2 Å². The first-order valence-electron chi connectivity index (χ1n) is 8.81. The second kappa shape index (κ2) is 10.8. The highest BCUT2D eigenvalue weighted by Gasteiger charge is 2.38. The molecule has 0 aromatic heterocycles. The van der Waals surface area contributed by atoms with E-state index in [1.54, 1.807) is 14.2 Å². The first-order chi connectivity index (χ1) is 11.5. The summed E-state index contributed by atoms with van der Waals surface area (Å²) in [7, 11) is 0.619. The minimum absolute atomic E-state index is 0.121. The van der Waals surface area contributed by atoms with Gasteiger partial charge < -0.3 is 27.5 Å². The monoisotopic (exact) mass is 366 g/mol. The molecule has 0 spiro atoms. The topological polar surface area (TPSA) is 64.6 Å². The second-order valence-corrected chi connectivity index (χ2v) is 8.62. The van der Waals surface area contributed by atoms with E-state index in [4.69, 9.17) is 32.2 Å². The maximum Gasteiger partial charge on any atom is 0.497 e. The van der Waals surface area contributed by atoms with Crippen LogP contribution in [0, 0.1) is 0 Å². The first-order valence-corrected chi connectivity index (χ1v) is 11.0. The lowest BCUT2D eigenvalue weighted by Crippen LogP contribution is -2.47. The molecular weight excluding hydrogens is 332 g/mol. The zero-order valence-electron chi connectivity index (χ0n) is 16.0. The predicted molar refractivity (Wildman–Crippen MR) is 91.5 cm³/mol. The van der Waals surface area contributed by atoms with Crippen LogP contribution in [-0.4, -0.2) is 61.2 Å². The molecule has 1 saturated heterocycles. The fourth-order valence-electron chi connectivity index (χ4n) is 2.23. The Morgan fingerprint density at radius 2 is 1.67 bits per heavy atom. The summed E-state index contributed by atoms with van der Waals surface area (Å²) in [6.07, 6.45) is 2.43. The first kappa shape index (κ1) is 22.0. The molecule has 1 rings (SSSR count). The van der Waals surface area contributed by atoms with Crippen LogP contribution in [0.15, 0.2) is 0 Å². The molecule has 24 heavy (non-hydrogen) atoms. The lowest BCUT2D eigenvalue weighted by molar-refractivity contribution is -0.437. The Balaban J connectivity index is 2.57. The summed E-state index contributed by atoms with van der Waals surface area (Å²) in [6.45, 7) is 9.54. The zero-order valence-corrected chi connectivity index (χ0v) is 17.0. The van der Waals surface area contributed by atoms with Crippen molar-refractivity contribution >= 4 is 8.80 Å². The highest BCUT2D eigenvalue weighted by Crippen LogP contribution is 2.27. The normalized spacial score (nSPS) is 20.8. The standard InChI is InChI=1S/C16H34O7Si/c1-7-14(13-21-24(6,17-4)18-5)22-15(8-2)23-16(9-3)19-11-10-12-20-16/h14-15H,7-13H2,1-6H3. The summed E-state index contributed by atoms with van der Waals surface area (Å²) in [6, 6.07) is 0. The van der Waals surface area contributed by atoms with E-state index >= 15 is 0 Å². The molecule has 144 valence electrons. The van der Waals surface area contributed by atoms with Crippen molar-refractivity contribution < 1.29 is 32.2 Å². The quantitative estimate of drug-likeness (QED) is 0.389. The van der Waals surface area contributed by atoms with Crippen molar-refractivity contribution in [3.63, 3.8) is 0 Å². The van der Waals surface area contributed by atoms with Crippen molar-refractivity contribution in [2.45, 2.75) is 71.4 Å². The van der Waals surface area contributed by atoms with Crippen molar-refractivity contribution in [2.24, 2.45) is 0 Å². The molecule has 1 aliphatic heterocycles. The maximum atomic E-state index is 6.07. The van der Waals surface area contributed by atoms with Gasteiger partial charge in [0, 0.05) is 27.2 Å². The van der Waals surface area contributed by atoms with E-state index in [9.17, 15) is 0 Å². The highest BCUT2D eigenvalue weighted by atomic mass is 28.4. The van der Waals surface area contributed by atoms with Crippen LogP contribution in [0.1, 0.15) is 46.5 Å². The van der Waals surface area contributed by atoms with Crippen LogP contribution in [0.25, 0.3) is 0 Å². The van der Waals surface area contributed by atoms with Gasteiger partial charge in [-0.25, -0.2) is 0 Å². The SMILES string of the molecule is CCC(CO[Si](C)(OC)OC)OC(CC)OC1(CC)OCCCO1. The Morgan fingerprint density at radius 1 is 1.04 bits per heavy atom. The van der Waals surface area contributed by atoms with Gasteiger partial charge in [-0.15, -0.1) is 0 Å². The van der Waals surface area contributed by atoms with E-state index in [1.807, 2.05) is 27.3 Å². The van der Waals surface area contributed by atoms with Crippen LogP contribution in [0.5, 0.6) is 0 Å². The molecule has 8 heteroatoms. The Morgan fingerprint density at radius 3 is 2.12 bits per heavy atom. The van der Waals surface area contributed by atoms with Crippen molar-refractivity contribution in [1.82, 2.24) is 0 Å². The van der Waals surface area contributed by atoms with Gasteiger partial charge in [0.2, 0.25) is 0 Å². The van der Waals surface area contributed by atoms with Gasteiger partial charge in [-0.05, 0) is 19.3 Å². The summed E-state index contributed by atoms with van der Waals surface area (Å²) >= 11 is 0. The van der Waals surface area contributed by atoms with Crippen molar-refractivity contribution in [1.29, 1.82) is 0 Å². The van der Waals surface area contributed by atoms with Crippen LogP contribution < -0.4 is 0 Å². The Labute approximate surface area is 147 Å². The molecule has 0 N–H and O–H groups in total.